The highest BCUT2D eigenvalue weighted by Crippen LogP contribution is 2.19. The van der Waals surface area contributed by atoms with Gasteiger partial charge in [-0.2, -0.15) is 0 Å². The minimum Gasteiger partial charge on any atom is -0.378 e. The number of unbranched alkanes of at least 4 members (excludes halogenated alkanes) is 7. The van der Waals surface area contributed by atoms with Crippen LogP contribution in [0, 0.1) is 0 Å². The third-order valence-corrected chi connectivity index (χ3v) is 4.45. The van der Waals surface area contributed by atoms with Crippen molar-refractivity contribution in [3.63, 3.8) is 0 Å². The molecule has 1 unspecified atom stereocenters. The van der Waals surface area contributed by atoms with E-state index in [-0.39, 0.29) is 0 Å². The Labute approximate surface area is 121 Å². The molecule has 1 rings (SSSR count). The van der Waals surface area contributed by atoms with E-state index in [0.717, 1.165) is 6.61 Å². The SMILES string of the molecule is ICCCCCCCCCCC1CCCCO1. The first-order chi connectivity index (χ1) is 8.43. The average Bonchev–Trinajstić information content (AvgIpc) is 2.38. The Morgan fingerprint density at radius 3 is 2.06 bits per heavy atom. The average molecular weight is 352 g/mol. The quantitative estimate of drug-likeness (QED) is 0.286. The zero-order chi connectivity index (χ0) is 12.2. The lowest BCUT2D eigenvalue weighted by Gasteiger charge is -2.22. The number of rotatable bonds is 10. The van der Waals surface area contributed by atoms with Crippen molar-refractivity contribution in [2.75, 3.05) is 11.0 Å². The molecule has 1 saturated heterocycles. The van der Waals surface area contributed by atoms with Crippen LogP contribution in [0.1, 0.15) is 77.0 Å². The van der Waals surface area contributed by atoms with Gasteiger partial charge in [0.1, 0.15) is 0 Å². The molecule has 0 N–H and O–H groups in total. The Balaban J connectivity index is 1.75. The van der Waals surface area contributed by atoms with Gasteiger partial charge in [0, 0.05) is 6.61 Å². The first kappa shape index (κ1) is 15.7. The zero-order valence-electron chi connectivity index (χ0n) is 11.3. The molecule has 0 aromatic heterocycles. The van der Waals surface area contributed by atoms with Crippen molar-refractivity contribution in [3.8, 4) is 0 Å². The lowest BCUT2D eigenvalue weighted by atomic mass is 10.0. The maximum absolute atomic E-state index is 5.75. The summed E-state index contributed by atoms with van der Waals surface area (Å²) in [4.78, 5) is 0. The summed E-state index contributed by atoms with van der Waals surface area (Å²) in [5.41, 5.74) is 0. The molecule has 1 aliphatic rings. The normalized spacial score (nSPS) is 20.6. The summed E-state index contributed by atoms with van der Waals surface area (Å²) in [6, 6.07) is 0. The van der Waals surface area contributed by atoms with Gasteiger partial charge in [-0.1, -0.05) is 67.5 Å². The second-order valence-electron chi connectivity index (χ2n) is 5.29. The number of hydrogen-bond acceptors (Lipinski definition) is 1. The van der Waals surface area contributed by atoms with Crippen LogP contribution in [0.4, 0.5) is 0 Å². The van der Waals surface area contributed by atoms with E-state index < -0.39 is 0 Å². The third kappa shape index (κ3) is 9.29. The Morgan fingerprint density at radius 2 is 1.47 bits per heavy atom. The number of hydrogen-bond donors (Lipinski definition) is 0. The molecular weight excluding hydrogens is 323 g/mol. The van der Waals surface area contributed by atoms with Crippen LogP contribution in [-0.2, 0) is 4.74 Å². The van der Waals surface area contributed by atoms with Gasteiger partial charge >= 0.3 is 0 Å². The fourth-order valence-electron chi connectivity index (χ4n) is 2.56. The summed E-state index contributed by atoms with van der Waals surface area (Å²) in [6.07, 6.45) is 17.4. The fourth-order valence-corrected chi connectivity index (χ4v) is 3.10. The van der Waals surface area contributed by atoms with Gasteiger partial charge in [0.2, 0.25) is 0 Å². The predicted molar refractivity (Wildman–Crippen MR) is 84.0 cm³/mol. The Bertz CT molecular complexity index is 155. The van der Waals surface area contributed by atoms with Crippen molar-refractivity contribution in [3.05, 3.63) is 0 Å². The predicted octanol–water partition coefficient (Wildman–Crippen LogP) is 5.50. The van der Waals surface area contributed by atoms with E-state index in [1.807, 2.05) is 0 Å². The van der Waals surface area contributed by atoms with E-state index in [1.165, 1.54) is 81.5 Å². The Kier molecular flexibility index (Phi) is 10.9. The molecule has 0 aromatic rings. The smallest absolute Gasteiger partial charge is 0.0575 e. The lowest BCUT2D eigenvalue weighted by molar-refractivity contribution is 0.00977. The molecule has 0 amide bonds. The molecule has 0 aliphatic carbocycles. The first-order valence-corrected chi connectivity index (χ1v) is 9.13. The third-order valence-electron chi connectivity index (χ3n) is 3.68. The lowest BCUT2D eigenvalue weighted by Crippen LogP contribution is -2.18. The zero-order valence-corrected chi connectivity index (χ0v) is 13.4. The highest BCUT2D eigenvalue weighted by Gasteiger charge is 2.12. The van der Waals surface area contributed by atoms with Crippen LogP contribution in [0.2, 0.25) is 0 Å². The molecule has 1 heterocycles. The van der Waals surface area contributed by atoms with E-state index in [9.17, 15) is 0 Å². The van der Waals surface area contributed by atoms with Gasteiger partial charge in [-0.15, -0.1) is 0 Å². The van der Waals surface area contributed by atoms with Gasteiger partial charge in [0.05, 0.1) is 6.10 Å². The summed E-state index contributed by atoms with van der Waals surface area (Å²) < 4.78 is 7.08. The largest absolute Gasteiger partial charge is 0.378 e. The van der Waals surface area contributed by atoms with Crippen LogP contribution in [0.5, 0.6) is 0 Å². The minimum atomic E-state index is 0.604. The highest BCUT2D eigenvalue weighted by molar-refractivity contribution is 14.1. The standard InChI is InChI=1S/C15H29IO/c16-13-9-6-4-2-1-3-5-7-11-15-12-8-10-14-17-15/h15H,1-14H2. The van der Waals surface area contributed by atoms with Crippen molar-refractivity contribution in [1.82, 2.24) is 0 Å². The molecule has 0 aromatic carbocycles. The van der Waals surface area contributed by atoms with Crippen molar-refractivity contribution in [1.29, 1.82) is 0 Å². The van der Waals surface area contributed by atoms with Crippen molar-refractivity contribution in [2.24, 2.45) is 0 Å². The van der Waals surface area contributed by atoms with Crippen LogP contribution in [-0.4, -0.2) is 17.1 Å². The topological polar surface area (TPSA) is 9.23 Å². The second-order valence-corrected chi connectivity index (χ2v) is 6.37. The summed E-state index contributed by atoms with van der Waals surface area (Å²) in [7, 11) is 0. The number of alkyl halides is 1. The van der Waals surface area contributed by atoms with Crippen molar-refractivity contribution in [2.45, 2.75) is 83.2 Å². The van der Waals surface area contributed by atoms with Gasteiger partial charge in [-0.05, 0) is 36.5 Å². The van der Waals surface area contributed by atoms with E-state index in [0.29, 0.717) is 6.10 Å². The van der Waals surface area contributed by atoms with Crippen LogP contribution in [0.15, 0.2) is 0 Å². The molecule has 1 atom stereocenters. The van der Waals surface area contributed by atoms with E-state index >= 15 is 0 Å². The van der Waals surface area contributed by atoms with E-state index in [4.69, 9.17) is 4.74 Å². The molecule has 1 fully saturated rings. The molecule has 1 nitrogen and oxygen atoms in total. The van der Waals surface area contributed by atoms with Gasteiger partial charge in [-0.3, -0.25) is 0 Å². The number of ether oxygens (including phenoxy) is 1. The summed E-state index contributed by atoms with van der Waals surface area (Å²) >= 11 is 2.48. The maximum Gasteiger partial charge on any atom is 0.0575 e. The van der Waals surface area contributed by atoms with Crippen molar-refractivity contribution >= 4 is 22.6 Å². The molecule has 2 heteroatoms. The maximum atomic E-state index is 5.75. The molecule has 0 bridgehead atoms. The Hall–Kier alpha value is 0.690. The van der Waals surface area contributed by atoms with Gasteiger partial charge in [-0.25, -0.2) is 0 Å². The van der Waals surface area contributed by atoms with Crippen LogP contribution < -0.4 is 0 Å². The monoisotopic (exact) mass is 352 g/mol. The first-order valence-electron chi connectivity index (χ1n) is 7.61. The van der Waals surface area contributed by atoms with E-state index in [1.54, 1.807) is 0 Å². The molecule has 0 saturated carbocycles. The molecule has 102 valence electrons. The van der Waals surface area contributed by atoms with Crippen molar-refractivity contribution < 1.29 is 4.74 Å². The van der Waals surface area contributed by atoms with Gasteiger partial charge in [0.25, 0.3) is 0 Å². The summed E-state index contributed by atoms with van der Waals surface area (Å²) in [5.74, 6) is 0. The minimum absolute atomic E-state index is 0.604. The number of halogens is 1. The van der Waals surface area contributed by atoms with Crippen LogP contribution >= 0.6 is 22.6 Å². The fraction of sp³-hybridized carbons (Fsp3) is 1.00. The van der Waals surface area contributed by atoms with E-state index in [2.05, 4.69) is 22.6 Å². The molecule has 0 radical (unpaired) electrons. The molecule has 17 heavy (non-hydrogen) atoms. The molecular formula is C15H29IO. The molecule has 0 spiro atoms. The highest BCUT2D eigenvalue weighted by atomic mass is 127. The van der Waals surface area contributed by atoms with Crippen LogP contribution in [0.3, 0.4) is 0 Å². The Morgan fingerprint density at radius 1 is 0.824 bits per heavy atom. The van der Waals surface area contributed by atoms with Gasteiger partial charge in [0.15, 0.2) is 0 Å². The van der Waals surface area contributed by atoms with Crippen LogP contribution in [0.25, 0.3) is 0 Å². The second kappa shape index (κ2) is 11.8. The van der Waals surface area contributed by atoms with Gasteiger partial charge < -0.3 is 4.74 Å². The summed E-state index contributed by atoms with van der Waals surface area (Å²) in [5, 5.41) is 0. The summed E-state index contributed by atoms with van der Waals surface area (Å²) in [6.45, 7) is 1.02. The molecule has 1 aliphatic heterocycles.